The van der Waals surface area contributed by atoms with Crippen LogP contribution in [0.4, 0.5) is 14.5 Å². The molecule has 7 heteroatoms. The zero-order valence-corrected chi connectivity index (χ0v) is 10.1. The Balaban J connectivity index is 2.47. The highest BCUT2D eigenvalue weighted by Crippen LogP contribution is 2.27. The van der Waals surface area contributed by atoms with Gasteiger partial charge in [0, 0.05) is 24.5 Å². The number of rotatable bonds is 3. The van der Waals surface area contributed by atoms with Gasteiger partial charge in [0.25, 0.3) is 12.3 Å². The Bertz CT molecular complexity index is 610. The maximum absolute atomic E-state index is 12.9. The summed E-state index contributed by atoms with van der Waals surface area (Å²) in [4.78, 5) is 11.4. The van der Waals surface area contributed by atoms with E-state index in [1.807, 2.05) is 0 Å². The van der Waals surface area contributed by atoms with Crippen molar-refractivity contribution in [3.8, 4) is 5.69 Å². The molecule has 2 aromatic rings. The first-order chi connectivity index (χ1) is 9.02. The summed E-state index contributed by atoms with van der Waals surface area (Å²) in [6, 6.07) is 5.59. The van der Waals surface area contributed by atoms with Crippen molar-refractivity contribution in [1.29, 1.82) is 0 Å². The fourth-order valence-corrected chi connectivity index (χ4v) is 1.66. The molecule has 2 rings (SSSR count). The molecule has 0 fully saturated rings. The topological polar surface area (TPSA) is 72.9 Å². The fourth-order valence-electron chi connectivity index (χ4n) is 1.66. The minimum atomic E-state index is -2.67. The molecule has 0 saturated heterocycles. The van der Waals surface area contributed by atoms with Crippen molar-refractivity contribution in [2.24, 2.45) is 0 Å². The fraction of sp³-hybridized carbons (Fsp3) is 0.167. The number of amides is 1. The highest BCUT2D eigenvalue weighted by molar-refractivity contribution is 5.91. The number of benzene rings is 1. The van der Waals surface area contributed by atoms with Gasteiger partial charge < -0.3 is 11.1 Å². The van der Waals surface area contributed by atoms with Crippen LogP contribution < -0.4 is 11.1 Å². The largest absolute Gasteiger partial charge is 0.399 e. The summed E-state index contributed by atoms with van der Waals surface area (Å²) in [5, 5.41) is 6.36. The summed E-state index contributed by atoms with van der Waals surface area (Å²) in [6.07, 6.45) is -1.23. The van der Waals surface area contributed by atoms with Crippen molar-refractivity contribution in [3.05, 3.63) is 41.7 Å². The summed E-state index contributed by atoms with van der Waals surface area (Å²) in [6.45, 7) is 0. The second-order valence-electron chi connectivity index (χ2n) is 3.84. The van der Waals surface area contributed by atoms with Crippen LogP contribution in [-0.2, 0) is 0 Å². The molecule has 0 aliphatic rings. The van der Waals surface area contributed by atoms with Gasteiger partial charge in [0.1, 0.15) is 0 Å². The third kappa shape index (κ3) is 2.54. The van der Waals surface area contributed by atoms with E-state index in [0.717, 1.165) is 0 Å². The quantitative estimate of drug-likeness (QED) is 0.831. The average Bonchev–Trinajstić information content (AvgIpc) is 2.87. The van der Waals surface area contributed by atoms with Gasteiger partial charge in [0.2, 0.25) is 0 Å². The van der Waals surface area contributed by atoms with Crippen molar-refractivity contribution in [1.82, 2.24) is 15.1 Å². The van der Waals surface area contributed by atoms with Crippen molar-refractivity contribution in [2.75, 3.05) is 12.8 Å². The number of carbonyl (C=O) groups excluding carboxylic acids is 1. The van der Waals surface area contributed by atoms with Gasteiger partial charge in [0.05, 0.1) is 5.69 Å². The lowest BCUT2D eigenvalue weighted by molar-refractivity contribution is 0.0957. The molecule has 0 unspecified atom stereocenters. The normalized spacial score (nSPS) is 10.7. The summed E-state index contributed by atoms with van der Waals surface area (Å²) < 4.78 is 27.1. The molecule has 1 aromatic carbocycles. The van der Waals surface area contributed by atoms with Crippen LogP contribution in [0.2, 0.25) is 0 Å². The number of nitrogens with two attached hydrogens (primary N) is 1. The van der Waals surface area contributed by atoms with Crippen LogP contribution in [0.5, 0.6) is 0 Å². The van der Waals surface area contributed by atoms with E-state index < -0.39 is 6.43 Å². The van der Waals surface area contributed by atoms with Crippen LogP contribution in [0.15, 0.2) is 30.5 Å². The number of nitrogen functional groups attached to an aromatic ring is 1. The number of aromatic nitrogens is 2. The zero-order valence-electron chi connectivity index (χ0n) is 10.1. The van der Waals surface area contributed by atoms with E-state index in [-0.39, 0.29) is 28.5 Å². The molecular weight excluding hydrogens is 254 g/mol. The average molecular weight is 266 g/mol. The second-order valence-corrected chi connectivity index (χ2v) is 3.84. The first kappa shape index (κ1) is 13.0. The van der Waals surface area contributed by atoms with E-state index in [9.17, 15) is 13.6 Å². The first-order valence-corrected chi connectivity index (χ1v) is 5.48. The smallest absolute Gasteiger partial charge is 0.271 e. The molecule has 3 N–H and O–H groups in total. The predicted octanol–water partition coefficient (Wildman–Crippen LogP) is 1.75. The number of halogens is 2. The van der Waals surface area contributed by atoms with E-state index in [1.165, 1.54) is 42.2 Å². The van der Waals surface area contributed by atoms with E-state index in [4.69, 9.17) is 5.73 Å². The number of hydrogen-bond donors (Lipinski definition) is 2. The molecule has 100 valence electrons. The number of nitrogens with one attached hydrogen (secondary N) is 1. The molecule has 0 radical (unpaired) electrons. The first-order valence-electron chi connectivity index (χ1n) is 5.48. The molecule has 0 bridgehead atoms. The Morgan fingerprint density at radius 1 is 1.42 bits per heavy atom. The van der Waals surface area contributed by atoms with Gasteiger partial charge >= 0.3 is 0 Å². The third-order valence-corrected chi connectivity index (χ3v) is 2.58. The Kier molecular flexibility index (Phi) is 3.46. The van der Waals surface area contributed by atoms with E-state index in [0.29, 0.717) is 0 Å². The van der Waals surface area contributed by atoms with Gasteiger partial charge in [-0.25, -0.2) is 13.5 Å². The maximum atomic E-state index is 12.9. The number of hydrogen-bond acceptors (Lipinski definition) is 3. The Hall–Kier alpha value is -2.44. The Morgan fingerprint density at radius 3 is 2.79 bits per heavy atom. The maximum Gasteiger partial charge on any atom is 0.271 e. The van der Waals surface area contributed by atoms with E-state index in [1.54, 1.807) is 0 Å². The van der Waals surface area contributed by atoms with Crippen LogP contribution in [-0.4, -0.2) is 22.7 Å². The molecule has 19 heavy (non-hydrogen) atoms. The van der Waals surface area contributed by atoms with Crippen LogP contribution in [0.3, 0.4) is 0 Å². The summed E-state index contributed by atoms with van der Waals surface area (Å²) in [7, 11) is 1.47. The molecule has 0 aliphatic carbocycles. The SMILES string of the molecule is CNC(=O)c1ccn(-c2ccc(N)cc2C(F)F)n1. The van der Waals surface area contributed by atoms with E-state index in [2.05, 4.69) is 10.4 Å². The third-order valence-electron chi connectivity index (χ3n) is 2.58. The Morgan fingerprint density at radius 2 is 2.16 bits per heavy atom. The van der Waals surface area contributed by atoms with E-state index >= 15 is 0 Å². The lowest BCUT2D eigenvalue weighted by atomic mass is 10.1. The molecule has 0 aliphatic heterocycles. The Labute approximate surface area is 108 Å². The van der Waals surface area contributed by atoms with Gasteiger partial charge in [-0.15, -0.1) is 0 Å². The number of carbonyl (C=O) groups is 1. The number of anilines is 1. The predicted molar refractivity (Wildman–Crippen MR) is 66.3 cm³/mol. The highest BCUT2D eigenvalue weighted by atomic mass is 19.3. The minimum absolute atomic E-state index is 0.152. The molecular formula is C12H12F2N4O. The zero-order chi connectivity index (χ0) is 14.0. The molecule has 1 aromatic heterocycles. The molecule has 0 saturated carbocycles. The molecule has 1 heterocycles. The summed E-state index contributed by atoms with van der Waals surface area (Å²) >= 11 is 0. The lowest BCUT2D eigenvalue weighted by Crippen LogP contribution is -2.18. The van der Waals surface area contributed by atoms with Gasteiger partial charge in [-0.3, -0.25) is 4.79 Å². The molecule has 0 atom stereocenters. The molecule has 1 amide bonds. The number of alkyl halides is 2. The van der Waals surface area contributed by atoms with Crippen LogP contribution in [0, 0.1) is 0 Å². The van der Waals surface area contributed by atoms with Gasteiger partial charge in [-0.1, -0.05) is 0 Å². The standard InChI is InChI=1S/C12H12F2N4O/c1-16-12(19)9-4-5-18(17-9)10-3-2-7(15)6-8(10)11(13)14/h2-6,11H,15H2,1H3,(H,16,19). The van der Waals surface area contributed by atoms with Crippen LogP contribution >= 0.6 is 0 Å². The monoisotopic (exact) mass is 266 g/mol. The highest BCUT2D eigenvalue weighted by Gasteiger charge is 2.16. The lowest BCUT2D eigenvalue weighted by Gasteiger charge is -2.09. The summed E-state index contributed by atoms with van der Waals surface area (Å²) in [5.74, 6) is -0.382. The van der Waals surface area contributed by atoms with Crippen LogP contribution in [0.25, 0.3) is 5.69 Å². The number of nitrogens with zero attached hydrogens (tertiary/aromatic N) is 2. The van der Waals surface area contributed by atoms with Crippen molar-refractivity contribution in [3.63, 3.8) is 0 Å². The van der Waals surface area contributed by atoms with Gasteiger partial charge in [0.15, 0.2) is 5.69 Å². The summed E-state index contributed by atoms with van der Waals surface area (Å²) in [5.41, 5.74) is 5.86. The van der Waals surface area contributed by atoms with Crippen molar-refractivity contribution >= 4 is 11.6 Å². The van der Waals surface area contributed by atoms with Crippen molar-refractivity contribution in [2.45, 2.75) is 6.43 Å². The molecule has 5 nitrogen and oxygen atoms in total. The second kappa shape index (κ2) is 5.05. The van der Waals surface area contributed by atoms with Gasteiger partial charge in [-0.2, -0.15) is 5.10 Å². The minimum Gasteiger partial charge on any atom is -0.399 e. The van der Waals surface area contributed by atoms with Crippen LogP contribution in [0.1, 0.15) is 22.5 Å². The van der Waals surface area contributed by atoms with Gasteiger partial charge in [-0.05, 0) is 24.3 Å². The molecule has 0 spiro atoms. The van der Waals surface area contributed by atoms with Crippen molar-refractivity contribution < 1.29 is 13.6 Å².